The molecule has 1 amide bonds. The molecule has 0 aliphatic carbocycles. The Hall–Kier alpha value is -1.68. The number of carbonyl (C=O) groups excluding carboxylic acids is 1. The summed E-state index contributed by atoms with van der Waals surface area (Å²) in [7, 11) is 0. The second kappa shape index (κ2) is 7.20. The number of halogens is 1. The van der Waals surface area contributed by atoms with E-state index in [1.807, 2.05) is 30.5 Å². The van der Waals surface area contributed by atoms with Gasteiger partial charge in [-0.1, -0.05) is 18.2 Å². The second-order valence-corrected chi connectivity index (χ2v) is 5.65. The van der Waals surface area contributed by atoms with Crippen molar-refractivity contribution in [2.75, 3.05) is 6.54 Å². The third-order valence-electron chi connectivity index (χ3n) is 3.16. The average Bonchev–Trinajstić information content (AvgIpc) is 2.95. The highest BCUT2D eigenvalue weighted by atomic mass is 32.1. The molecule has 4 heteroatoms. The zero-order chi connectivity index (χ0) is 14.4. The standard InChI is InChI=1S/C16H18FNOS/c1-2-18(12-13-5-3-6-14(17)11-13)16(19)9-8-15-7-4-10-20-15/h3-7,10-11H,2,8-9,12H2,1H3. The van der Waals surface area contributed by atoms with Gasteiger partial charge in [0.2, 0.25) is 5.91 Å². The monoisotopic (exact) mass is 291 g/mol. The number of benzene rings is 1. The Balaban J connectivity index is 1.92. The Morgan fingerprint density at radius 2 is 2.15 bits per heavy atom. The summed E-state index contributed by atoms with van der Waals surface area (Å²) in [6.07, 6.45) is 1.28. The molecule has 0 unspecified atom stereocenters. The number of aryl methyl sites for hydroxylation is 1. The van der Waals surface area contributed by atoms with Crippen molar-refractivity contribution in [3.8, 4) is 0 Å². The lowest BCUT2D eigenvalue weighted by atomic mass is 10.2. The third-order valence-corrected chi connectivity index (χ3v) is 4.10. The SMILES string of the molecule is CCN(Cc1cccc(F)c1)C(=O)CCc1cccs1. The molecule has 0 spiro atoms. The van der Waals surface area contributed by atoms with Crippen LogP contribution in [0.15, 0.2) is 41.8 Å². The molecule has 0 bridgehead atoms. The average molecular weight is 291 g/mol. The highest BCUT2D eigenvalue weighted by Crippen LogP contribution is 2.13. The number of nitrogens with zero attached hydrogens (tertiary/aromatic N) is 1. The van der Waals surface area contributed by atoms with E-state index in [2.05, 4.69) is 0 Å². The van der Waals surface area contributed by atoms with Crippen LogP contribution in [0, 0.1) is 5.82 Å². The molecule has 20 heavy (non-hydrogen) atoms. The van der Waals surface area contributed by atoms with Gasteiger partial charge < -0.3 is 4.90 Å². The molecule has 0 aliphatic rings. The van der Waals surface area contributed by atoms with Crippen molar-refractivity contribution >= 4 is 17.2 Å². The maximum Gasteiger partial charge on any atom is 0.223 e. The van der Waals surface area contributed by atoms with Crippen LogP contribution in [0.3, 0.4) is 0 Å². The lowest BCUT2D eigenvalue weighted by molar-refractivity contribution is -0.131. The number of thiophene rings is 1. The zero-order valence-corrected chi connectivity index (χ0v) is 12.3. The normalized spacial score (nSPS) is 10.5. The molecule has 0 fully saturated rings. The summed E-state index contributed by atoms with van der Waals surface area (Å²) in [6, 6.07) is 10.5. The van der Waals surface area contributed by atoms with Gasteiger partial charge in [-0.25, -0.2) is 4.39 Å². The number of carbonyl (C=O) groups is 1. The van der Waals surface area contributed by atoms with E-state index in [0.717, 1.165) is 12.0 Å². The smallest absolute Gasteiger partial charge is 0.223 e. The predicted molar refractivity (Wildman–Crippen MR) is 80.1 cm³/mol. The molecule has 0 saturated carbocycles. The molecule has 2 nitrogen and oxygen atoms in total. The van der Waals surface area contributed by atoms with Crippen LogP contribution >= 0.6 is 11.3 Å². The number of rotatable bonds is 6. The molecule has 0 saturated heterocycles. The van der Waals surface area contributed by atoms with E-state index >= 15 is 0 Å². The zero-order valence-electron chi connectivity index (χ0n) is 11.5. The van der Waals surface area contributed by atoms with Gasteiger partial charge in [-0.2, -0.15) is 0 Å². The summed E-state index contributed by atoms with van der Waals surface area (Å²) in [6.45, 7) is 3.06. The lowest BCUT2D eigenvalue weighted by Crippen LogP contribution is -2.30. The van der Waals surface area contributed by atoms with E-state index in [-0.39, 0.29) is 11.7 Å². The third kappa shape index (κ3) is 4.17. The van der Waals surface area contributed by atoms with E-state index in [1.54, 1.807) is 22.3 Å². The van der Waals surface area contributed by atoms with Crippen LogP contribution in [-0.4, -0.2) is 17.4 Å². The van der Waals surface area contributed by atoms with Crippen LogP contribution in [0.2, 0.25) is 0 Å². The predicted octanol–water partition coefficient (Wildman–Crippen LogP) is 3.87. The fourth-order valence-electron chi connectivity index (χ4n) is 2.08. The molecular formula is C16H18FNOS. The van der Waals surface area contributed by atoms with Gasteiger partial charge in [-0.3, -0.25) is 4.79 Å². The Bertz CT molecular complexity index is 553. The van der Waals surface area contributed by atoms with E-state index in [1.165, 1.54) is 17.0 Å². The summed E-state index contributed by atoms with van der Waals surface area (Å²) in [5, 5.41) is 2.02. The van der Waals surface area contributed by atoms with E-state index < -0.39 is 0 Å². The fraction of sp³-hybridized carbons (Fsp3) is 0.312. The first kappa shape index (κ1) is 14.7. The van der Waals surface area contributed by atoms with Gasteiger partial charge in [0.15, 0.2) is 0 Å². The van der Waals surface area contributed by atoms with Gasteiger partial charge in [0.25, 0.3) is 0 Å². The van der Waals surface area contributed by atoms with Gasteiger partial charge in [0.1, 0.15) is 5.82 Å². The van der Waals surface area contributed by atoms with E-state index in [9.17, 15) is 9.18 Å². The summed E-state index contributed by atoms with van der Waals surface area (Å²) in [4.78, 5) is 15.2. The molecule has 0 aliphatic heterocycles. The van der Waals surface area contributed by atoms with E-state index in [4.69, 9.17) is 0 Å². The van der Waals surface area contributed by atoms with Gasteiger partial charge >= 0.3 is 0 Å². The first-order valence-corrected chi connectivity index (χ1v) is 7.61. The van der Waals surface area contributed by atoms with Crippen LogP contribution in [-0.2, 0) is 17.8 Å². The second-order valence-electron chi connectivity index (χ2n) is 4.62. The molecule has 0 radical (unpaired) electrons. The van der Waals surface area contributed by atoms with Crippen molar-refractivity contribution in [3.05, 3.63) is 58.0 Å². The highest BCUT2D eigenvalue weighted by Gasteiger charge is 2.12. The van der Waals surface area contributed by atoms with Crippen LogP contribution in [0.5, 0.6) is 0 Å². The summed E-state index contributed by atoms with van der Waals surface area (Å²) < 4.78 is 13.2. The Labute approximate surface area is 122 Å². The Morgan fingerprint density at radius 3 is 2.80 bits per heavy atom. The van der Waals surface area contributed by atoms with Crippen molar-refractivity contribution in [1.82, 2.24) is 4.90 Å². The lowest BCUT2D eigenvalue weighted by Gasteiger charge is -2.21. The van der Waals surface area contributed by atoms with Crippen LogP contribution in [0.1, 0.15) is 23.8 Å². The molecule has 1 heterocycles. The van der Waals surface area contributed by atoms with Crippen LogP contribution < -0.4 is 0 Å². The van der Waals surface area contributed by atoms with Crippen molar-refractivity contribution in [3.63, 3.8) is 0 Å². The number of hydrogen-bond donors (Lipinski definition) is 0. The van der Waals surface area contributed by atoms with Crippen LogP contribution in [0.4, 0.5) is 4.39 Å². The van der Waals surface area contributed by atoms with Crippen molar-refractivity contribution < 1.29 is 9.18 Å². The Kier molecular flexibility index (Phi) is 5.30. The summed E-state index contributed by atoms with van der Waals surface area (Å²) >= 11 is 1.67. The van der Waals surface area contributed by atoms with E-state index in [0.29, 0.717) is 19.5 Å². The first-order valence-electron chi connectivity index (χ1n) is 6.73. The van der Waals surface area contributed by atoms with Gasteiger partial charge in [-0.15, -0.1) is 11.3 Å². The molecule has 106 valence electrons. The minimum atomic E-state index is -0.260. The largest absolute Gasteiger partial charge is 0.339 e. The molecule has 1 aromatic carbocycles. The molecular weight excluding hydrogens is 273 g/mol. The minimum absolute atomic E-state index is 0.116. The molecule has 0 atom stereocenters. The van der Waals surface area contributed by atoms with Gasteiger partial charge in [0.05, 0.1) is 0 Å². The molecule has 1 aromatic heterocycles. The minimum Gasteiger partial charge on any atom is -0.339 e. The van der Waals surface area contributed by atoms with Crippen molar-refractivity contribution in [1.29, 1.82) is 0 Å². The van der Waals surface area contributed by atoms with Crippen LogP contribution in [0.25, 0.3) is 0 Å². The maximum atomic E-state index is 13.2. The molecule has 0 N–H and O–H groups in total. The highest BCUT2D eigenvalue weighted by molar-refractivity contribution is 7.09. The first-order chi connectivity index (χ1) is 9.69. The van der Waals surface area contributed by atoms with Crippen molar-refractivity contribution in [2.45, 2.75) is 26.3 Å². The summed E-state index contributed by atoms with van der Waals surface area (Å²) in [5.74, 6) is -0.144. The Morgan fingerprint density at radius 1 is 1.30 bits per heavy atom. The summed E-state index contributed by atoms with van der Waals surface area (Å²) in [5.41, 5.74) is 0.830. The number of amides is 1. The van der Waals surface area contributed by atoms with Crippen molar-refractivity contribution in [2.24, 2.45) is 0 Å². The maximum absolute atomic E-state index is 13.2. The quantitative estimate of drug-likeness (QED) is 0.791. The fourth-order valence-corrected chi connectivity index (χ4v) is 2.78. The molecule has 2 rings (SSSR count). The molecule has 2 aromatic rings. The van der Waals surface area contributed by atoms with Gasteiger partial charge in [-0.05, 0) is 42.5 Å². The van der Waals surface area contributed by atoms with Gasteiger partial charge in [0, 0.05) is 24.4 Å². The topological polar surface area (TPSA) is 20.3 Å². The number of hydrogen-bond acceptors (Lipinski definition) is 2.